The molecule has 1 aliphatic carbocycles. The van der Waals surface area contributed by atoms with Gasteiger partial charge >= 0.3 is 6.16 Å². The smallest absolute Gasteiger partial charge is 0.490 e. The second-order valence-electron chi connectivity index (χ2n) is 9.04. The highest BCUT2D eigenvalue weighted by atomic mass is 35.5. The van der Waals surface area contributed by atoms with Crippen molar-refractivity contribution >= 4 is 28.8 Å². The van der Waals surface area contributed by atoms with Crippen LogP contribution in [-0.2, 0) is 0 Å². The first kappa shape index (κ1) is 25.0. The van der Waals surface area contributed by atoms with Crippen LogP contribution in [0.25, 0.3) is 22.4 Å². The summed E-state index contributed by atoms with van der Waals surface area (Å²) in [6.07, 6.45) is 5.13. The summed E-state index contributed by atoms with van der Waals surface area (Å²) in [5.74, 6) is -0.759. The highest BCUT2D eigenvalue weighted by molar-refractivity contribution is 6.30. The Morgan fingerprint density at radius 1 is 1.08 bits per heavy atom. The number of benzene rings is 2. The zero-order valence-electron chi connectivity index (χ0n) is 19.7. The highest BCUT2D eigenvalue weighted by Gasteiger charge is 2.30. The van der Waals surface area contributed by atoms with Gasteiger partial charge in [-0.15, -0.1) is 0 Å². The molecule has 1 atom stereocenters. The number of imidazole rings is 1. The van der Waals surface area contributed by atoms with Crippen LogP contribution in [0.2, 0.25) is 5.02 Å². The molecule has 7 nitrogen and oxygen atoms in total. The highest BCUT2D eigenvalue weighted by Crippen LogP contribution is 2.39. The fourth-order valence-electron chi connectivity index (χ4n) is 4.95. The number of rotatable bonds is 7. The van der Waals surface area contributed by atoms with Crippen molar-refractivity contribution in [3.05, 3.63) is 71.4 Å². The van der Waals surface area contributed by atoms with Crippen molar-refractivity contribution < 1.29 is 28.2 Å². The van der Waals surface area contributed by atoms with E-state index in [4.69, 9.17) is 26.4 Å². The van der Waals surface area contributed by atoms with Gasteiger partial charge in [-0.2, -0.15) is 0 Å². The Bertz CT molecular complexity index is 1400. The Morgan fingerprint density at radius 2 is 1.81 bits per heavy atom. The van der Waals surface area contributed by atoms with Crippen molar-refractivity contribution in [3.8, 4) is 23.0 Å². The van der Waals surface area contributed by atoms with Gasteiger partial charge in [-0.05, 0) is 49.1 Å². The molecule has 5 rings (SSSR count). The number of nitrogens with zero attached hydrogens (tertiary/aromatic N) is 3. The predicted molar refractivity (Wildman–Crippen MR) is 134 cm³/mol. The molecule has 0 aliphatic heterocycles. The summed E-state index contributed by atoms with van der Waals surface area (Å²) < 4.78 is 41.2. The van der Waals surface area contributed by atoms with Gasteiger partial charge in [0, 0.05) is 28.8 Å². The predicted octanol–water partition coefficient (Wildman–Crippen LogP) is 7.29. The van der Waals surface area contributed by atoms with Crippen molar-refractivity contribution in [1.82, 2.24) is 14.5 Å². The Morgan fingerprint density at radius 3 is 2.49 bits per heavy atom. The van der Waals surface area contributed by atoms with Crippen molar-refractivity contribution in [2.75, 3.05) is 6.61 Å². The normalized spacial score (nSPS) is 15.0. The van der Waals surface area contributed by atoms with Gasteiger partial charge in [-0.3, -0.25) is 0 Å². The number of carboxylic acid groups (broad SMARTS) is 1. The van der Waals surface area contributed by atoms with E-state index in [-0.39, 0.29) is 24.4 Å². The number of carbonyl (C=O) groups is 1. The first-order valence-electron chi connectivity index (χ1n) is 12.0. The van der Waals surface area contributed by atoms with Gasteiger partial charge in [-0.25, -0.2) is 23.5 Å². The molecule has 2 heterocycles. The van der Waals surface area contributed by atoms with Crippen molar-refractivity contribution in [1.29, 1.82) is 0 Å². The first-order chi connectivity index (χ1) is 17.9. The first-order valence-corrected chi connectivity index (χ1v) is 12.4. The molecule has 0 saturated heterocycles. The quantitative estimate of drug-likeness (QED) is 0.254. The fraction of sp³-hybridized carbons (Fsp3) is 0.296. The van der Waals surface area contributed by atoms with Crippen molar-refractivity contribution in [2.24, 2.45) is 5.92 Å². The molecule has 4 aromatic rings. The zero-order valence-corrected chi connectivity index (χ0v) is 20.5. The summed E-state index contributed by atoms with van der Waals surface area (Å²) in [7, 11) is 0. The number of halogens is 3. The zero-order chi connectivity index (χ0) is 25.9. The van der Waals surface area contributed by atoms with E-state index in [1.807, 2.05) is 16.7 Å². The van der Waals surface area contributed by atoms with Crippen LogP contribution in [0.4, 0.5) is 13.6 Å². The minimum Gasteiger partial charge on any atom is -0.490 e. The number of fused-ring (bicyclic) bond motifs is 1. The van der Waals surface area contributed by atoms with Crippen molar-refractivity contribution in [2.45, 2.75) is 38.1 Å². The molecule has 1 saturated carbocycles. The van der Waals surface area contributed by atoms with Crippen LogP contribution >= 0.6 is 11.6 Å². The summed E-state index contributed by atoms with van der Waals surface area (Å²) in [4.78, 5) is 19.4. The van der Waals surface area contributed by atoms with Gasteiger partial charge < -0.3 is 19.1 Å². The third kappa shape index (κ3) is 5.51. The molecule has 0 spiro atoms. The Labute approximate surface area is 216 Å². The summed E-state index contributed by atoms with van der Waals surface area (Å²) in [5.41, 5.74) is 1.59. The molecule has 2 aromatic carbocycles. The van der Waals surface area contributed by atoms with E-state index in [1.54, 1.807) is 18.2 Å². The molecule has 1 N–H and O–H groups in total. The van der Waals surface area contributed by atoms with Gasteiger partial charge in [0.25, 0.3) is 0 Å². The van der Waals surface area contributed by atoms with Gasteiger partial charge in [0.05, 0.1) is 23.3 Å². The lowest BCUT2D eigenvalue weighted by Gasteiger charge is -2.32. The molecule has 1 aliphatic rings. The van der Waals surface area contributed by atoms with Crippen LogP contribution in [0.1, 0.15) is 38.1 Å². The molecular weight excluding hydrogens is 504 g/mol. The summed E-state index contributed by atoms with van der Waals surface area (Å²) in [5, 5.41) is 9.33. The van der Waals surface area contributed by atoms with Crippen LogP contribution in [0, 0.1) is 17.6 Å². The molecule has 0 amide bonds. The second-order valence-corrected chi connectivity index (χ2v) is 9.48. The average Bonchev–Trinajstić information content (AvgIpc) is 3.24. The third-order valence-electron chi connectivity index (χ3n) is 6.68. The number of pyridine rings is 1. The second kappa shape index (κ2) is 10.7. The monoisotopic (exact) mass is 527 g/mol. The number of ether oxygens (including phenoxy) is 2. The minimum absolute atomic E-state index is 0.0631. The lowest BCUT2D eigenvalue weighted by molar-refractivity contribution is 0.142. The molecule has 37 heavy (non-hydrogen) atoms. The lowest BCUT2D eigenvalue weighted by Crippen LogP contribution is -2.28. The topological polar surface area (TPSA) is 86.5 Å². The summed E-state index contributed by atoms with van der Waals surface area (Å²) in [6.45, 7) is 0.219. The fourth-order valence-corrected chi connectivity index (χ4v) is 5.08. The molecular formula is C27H24ClF2N3O4. The Hall–Kier alpha value is -3.72. The maximum atomic E-state index is 14.5. The lowest BCUT2D eigenvalue weighted by atomic mass is 9.83. The van der Waals surface area contributed by atoms with Gasteiger partial charge in [-0.1, -0.05) is 30.9 Å². The number of hydrogen-bond acceptors (Lipinski definition) is 5. The van der Waals surface area contributed by atoms with Gasteiger partial charge in [0.2, 0.25) is 5.88 Å². The van der Waals surface area contributed by atoms with E-state index < -0.39 is 17.8 Å². The molecule has 1 fully saturated rings. The summed E-state index contributed by atoms with van der Waals surface area (Å²) in [6, 6.07) is 12.2. The van der Waals surface area contributed by atoms with Gasteiger partial charge in [0.15, 0.2) is 11.6 Å². The van der Waals surface area contributed by atoms with E-state index in [2.05, 4.69) is 9.72 Å². The molecule has 0 bridgehead atoms. The molecule has 0 radical (unpaired) electrons. The van der Waals surface area contributed by atoms with E-state index >= 15 is 0 Å². The standard InChI is InChI=1S/C27H24ClF2N3O4/c28-18-8-6-17(7-9-18)26-32-22-12-20(29)21(30)13-23(22)33(26)24(16-4-2-1-3-5-16)15-36-19-10-11-25(31-14-19)37-27(34)35/h6-14,16,24H,1-5,15H2,(H,34,35). The maximum Gasteiger partial charge on any atom is 0.512 e. The van der Waals surface area contributed by atoms with Crippen LogP contribution in [0.15, 0.2) is 54.7 Å². The maximum absolute atomic E-state index is 14.5. The van der Waals surface area contributed by atoms with Crippen LogP contribution < -0.4 is 9.47 Å². The number of aromatic nitrogens is 3. The number of hydrogen-bond donors (Lipinski definition) is 1. The molecule has 1 unspecified atom stereocenters. The van der Waals surface area contributed by atoms with E-state index in [9.17, 15) is 13.6 Å². The van der Waals surface area contributed by atoms with E-state index in [0.717, 1.165) is 43.7 Å². The Kier molecular flexibility index (Phi) is 7.23. The van der Waals surface area contributed by atoms with Gasteiger partial charge in [0.1, 0.15) is 18.2 Å². The molecule has 192 valence electrons. The Balaban J connectivity index is 1.56. The SMILES string of the molecule is O=C(O)Oc1ccc(OCC(C2CCCCC2)n2c(-c3ccc(Cl)cc3)nc3cc(F)c(F)cc32)cn1. The van der Waals surface area contributed by atoms with E-state index in [0.29, 0.717) is 27.6 Å². The largest absolute Gasteiger partial charge is 0.512 e. The van der Waals surface area contributed by atoms with Crippen LogP contribution in [-0.4, -0.2) is 32.4 Å². The molecule has 2 aromatic heterocycles. The minimum atomic E-state index is -1.45. The van der Waals surface area contributed by atoms with Crippen molar-refractivity contribution in [3.63, 3.8) is 0 Å². The third-order valence-corrected chi connectivity index (χ3v) is 6.93. The van der Waals surface area contributed by atoms with E-state index in [1.165, 1.54) is 18.3 Å². The average molecular weight is 528 g/mol. The van der Waals surface area contributed by atoms with Crippen LogP contribution in [0.3, 0.4) is 0 Å². The molecule has 10 heteroatoms. The van der Waals surface area contributed by atoms with Crippen LogP contribution in [0.5, 0.6) is 11.6 Å². The summed E-state index contributed by atoms with van der Waals surface area (Å²) >= 11 is 6.11.